The van der Waals surface area contributed by atoms with E-state index in [4.69, 9.17) is 21.4 Å². The van der Waals surface area contributed by atoms with Crippen molar-refractivity contribution in [1.82, 2.24) is 14.8 Å². The summed E-state index contributed by atoms with van der Waals surface area (Å²) in [7, 11) is 1.63. The van der Waals surface area contributed by atoms with Gasteiger partial charge in [0.1, 0.15) is 5.75 Å². The molecule has 0 bridgehead atoms. The van der Waals surface area contributed by atoms with Gasteiger partial charge in [0.2, 0.25) is 0 Å². The van der Waals surface area contributed by atoms with Gasteiger partial charge in [-0.3, -0.25) is 4.57 Å². The van der Waals surface area contributed by atoms with Crippen LogP contribution in [0.5, 0.6) is 5.75 Å². The van der Waals surface area contributed by atoms with Crippen LogP contribution in [0.4, 0.5) is 0 Å². The van der Waals surface area contributed by atoms with Gasteiger partial charge in [-0.2, -0.15) is 0 Å². The van der Waals surface area contributed by atoms with Gasteiger partial charge in [-0.15, -0.1) is 10.2 Å². The van der Waals surface area contributed by atoms with Crippen molar-refractivity contribution in [3.05, 3.63) is 88.9 Å². The molecular formula is C23H18ClN3O3S. The first-order valence-corrected chi connectivity index (χ1v) is 10.7. The number of halogens is 1. The summed E-state index contributed by atoms with van der Waals surface area (Å²) in [5, 5.41) is 19.3. The van der Waals surface area contributed by atoms with Crippen molar-refractivity contribution in [2.75, 3.05) is 7.11 Å². The molecule has 0 saturated heterocycles. The Morgan fingerprint density at radius 2 is 1.68 bits per heavy atom. The molecule has 0 atom stereocenters. The fraction of sp³-hybridized carbons (Fsp3) is 0.0870. The molecule has 0 radical (unpaired) electrons. The van der Waals surface area contributed by atoms with Gasteiger partial charge in [-0.25, -0.2) is 4.79 Å². The number of carboxylic acids is 1. The highest BCUT2D eigenvalue weighted by molar-refractivity contribution is 7.98. The van der Waals surface area contributed by atoms with Crippen molar-refractivity contribution in [2.24, 2.45) is 0 Å². The maximum absolute atomic E-state index is 11.1. The van der Waals surface area contributed by atoms with E-state index in [2.05, 4.69) is 10.2 Å². The van der Waals surface area contributed by atoms with Crippen LogP contribution in [-0.4, -0.2) is 33.0 Å². The lowest BCUT2D eigenvalue weighted by atomic mass is 10.1. The average molecular weight is 452 g/mol. The highest BCUT2D eigenvalue weighted by Crippen LogP contribution is 2.31. The van der Waals surface area contributed by atoms with Crippen LogP contribution in [0, 0.1) is 0 Å². The molecule has 0 unspecified atom stereocenters. The SMILES string of the molecule is COc1ccc(-c2nnc(SCc3ccc(C(=O)O)cc3)n2-c2ccc(Cl)cc2)cc1. The van der Waals surface area contributed by atoms with E-state index in [1.54, 1.807) is 19.2 Å². The first kappa shape index (κ1) is 21.0. The van der Waals surface area contributed by atoms with Gasteiger partial charge in [0.15, 0.2) is 11.0 Å². The van der Waals surface area contributed by atoms with E-state index in [0.717, 1.165) is 27.7 Å². The summed E-state index contributed by atoms with van der Waals surface area (Å²) in [5.74, 6) is 1.15. The molecule has 156 valence electrons. The highest BCUT2D eigenvalue weighted by Gasteiger charge is 2.16. The molecule has 0 saturated carbocycles. The predicted molar refractivity (Wildman–Crippen MR) is 121 cm³/mol. The largest absolute Gasteiger partial charge is 0.497 e. The summed E-state index contributed by atoms with van der Waals surface area (Å²) in [4.78, 5) is 11.1. The third kappa shape index (κ3) is 4.73. The highest BCUT2D eigenvalue weighted by atomic mass is 35.5. The summed E-state index contributed by atoms with van der Waals surface area (Å²) in [5.41, 5.74) is 3.05. The lowest BCUT2D eigenvalue weighted by molar-refractivity contribution is 0.0697. The van der Waals surface area contributed by atoms with Crippen LogP contribution in [0.3, 0.4) is 0 Å². The monoisotopic (exact) mass is 451 g/mol. The van der Waals surface area contributed by atoms with Gasteiger partial charge in [-0.1, -0.05) is 35.5 Å². The second-order valence-electron chi connectivity index (χ2n) is 6.64. The Labute approximate surface area is 188 Å². The van der Waals surface area contributed by atoms with Crippen molar-refractivity contribution in [1.29, 1.82) is 0 Å². The molecule has 0 amide bonds. The Morgan fingerprint density at radius 1 is 1.00 bits per heavy atom. The van der Waals surface area contributed by atoms with E-state index >= 15 is 0 Å². The number of methoxy groups -OCH3 is 1. The number of ether oxygens (including phenoxy) is 1. The maximum atomic E-state index is 11.1. The molecule has 0 fully saturated rings. The molecular weight excluding hydrogens is 434 g/mol. The molecule has 1 N–H and O–H groups in total. The fourth-order valence-electron chi connectivity index (χ4n) is 3.00. The number of rotatable bonds is 7. The number of aromatic nitrogens is 3. The Kier molecular flexibility index (Phi) is 6.25. The maximum Gasteiger partial charge on any atom is 0.335 e. The van der Waals surface area contributed by atoms with Gasteiger partial charge in [-0.05, 0) is 66.2 Å². The van der Waals surface area contributed by atoms with Crippen LogP contribution in [0.1, 0.15) is 15.9 Å². The Hall–Kier alpha value is -3.29. The first-order chi connectivity index (χ1) is 15.0. The number of thioether (sulfide) groups is 1. The minimum absolute atomic E-state index is 0.264. The number of carbonyl (C=O) groups is 1. The van der Waals surface area contributed by atoms with Crippen LogP contribution in [0.25, 0.3) is 17.1 Å². The number of hydrogen-bond acceptors (Lipinski definition) is 5. The first-order valence-electron chi connectivity index (χ1n) is 9.36. The summed E-state index contributed by atoms with van der Waals surface area (Å²) in [6.45, 7) is 0. The van der Waals surface area contributed by atoms with Gasteiger partial charge in [0.25, 0.3) is 0 Å². The van der Waals surface area contributed by atoms with Crippen molar-refractivity contribution < 1.29 is 14.6 Å². The minimum Gasteiger partial charge on any atom is -0.497 e. The van der Waals surface area contributed by atoms with E-state index in [0.29, 0.717) is 16.6 Å². The number of benzene rings is 3. The summed E-state index contributed by atoms with van der Waals surface area (Å²) < 4.78 is 7.23. The molecule has 0 aliphatic rings. The second-order valence-corrected chi connectivity index (χ2v) is 8.02. The molecule has 0 aliphatic heterocycles. The Balaban J connectivity index is 1.67. The minimum atomic E-state index is -0.939. The van der Waals surface area contributed by atoms with Crippen LogP contribution in [0.2, 0.25) is 5.02 Å². The van der Waals surface area contributed by atoms with E-state index < -0.39 is 5.97 Å². The molecule has 4 aromatic rings. The quantitative estimate of drug-likeness (QED) is 0.369. The molecule has 4 rings (SSSR count). The lowest BCUT2D eigenvalue weighted by Gasteiger charge is -2.11. The second kappa shape index (κ2) is 9.24. The molecule has 8 heteroatoms. The Bertz CT molecular complexity index is 1190. The standard InChI is InChI=1S/C23H18ClN3O3S/c1-30-20-12-6-16(7-13-20)21-25-26-23(27(21)19-10-8-18(24)9-11-19)31-14-15-2-4-17(5-3-15)22(28)29/h2-13H,14H2,1H3,(H,28,29). The number of hydrogen-bond donors (Lipinski definition) is 1. The van der Waals surface area contributed by atoms with Gasteiger partial charge >= 0.3 is 5.97 Å². The zero-order chi connectivity index (χ0) is 21.8. The Morgan fingerprint density at radius 3 is 2.29 bits per heavy atom. The van der Waals surface area contributed by atoms with Crippen molar-refractivity contribution in [3.63, 3.8) is 0 Å². The van der Waals surface area contributed by atoms with E-state index in [9.17, 15) is 4.79 Å². The normalized spacial score (nSPS) is 10.8. The summed E-state index contributed by atoms with van der Waals surface area (Å²) in [6, 6.07) is 22.0. The molecule has 0 aliphatic carbocycles. The molecule has 0 spiro atoms. The lowest BCUT2D eigenvalue weighted by Crippen LogP contribution is -2.00. The van der Waals surface area contributed by atoms with Crippen LogP contribution >= 0.6 is 23.4 Å². The van der Waals surface area contributed by atoms with Crippen molar-refractivity contribution in [3.8, 4) is 22.8 Å². The van der Waals surface area contributed by atoms with Gasteiger partial charge < -0.3 is 9.84 Å². The number of nitrogens with zero attached hydrogens (tertiary/aromatic N) is 3. The summed E-state index contributed by atoms with van der Waals surface area (Å²) >= 11 is 7.60. The topological polar surface area (TPSA) is 77.2 Å². The third-order valence-corrected chi connectivity index (χ3v) is 5.89. The number of carboxylic acid groups (broad SMARTS) is 1. The molecule has 1 aromatic heterocycles. The van der Waals surface area contributed by atoms with Gasteiger partial charge in [0.05, 0.1) is 12.7 Å². The van der Waals surface area contributed by atoms with E-state index in [1.807, 2.05) is 65.2 Å². The van der Waals surface area contributed by atoms with E-state index in [1.165, 1.54) is 11.8 Å². The zero-order valence-corrected chi connectivity index (χ0v) is 18.1. The molecule has 6 nitrogen and oxygen atoms in total. The molecule has 3 aromatic carbocycles. The van der Waals surface area contributed by atoms with Crippen LogP contribution in [0.15, 0.2) is 78.0 Å². The van der Waals surface area contributed by atoms with Crippen molar-refractivity contribution >= 4 is 29.3 Å². The van der Waals surface area contributed by atoms with Gasteiger partial charge in [0, 0.05) is 22.0 Å². The summed E-state index contributed by atoms with van der Waals surface area (Å²) in [6.07, 6.45) is 0. The zero-order valence-electron chi connectivity index (χ0n) is 16.5. The fourth-order valence-corrected chi connectivity index (χ4v) is 4.04. The van der Waals surface area contributed by atoms with Crippen LogP contribution in [-0.2, 0) is 5.75 Å². The smallest absolute Gasteiger partial charge is 0.335 e. The van der Waals surface area contributed by atoms with E-state index in [-0.39, 0.29) is 5.56 Å². The molecule has 1 heterocycles. The predicted octanol–water partition coefficient (Wildman–Crippen LogP) is 5.59. The van der Waals surface area contributed by atoms with Crippen molar-refractivity contribution in [2.45, 2.75) is 10.9 Å². The number of aromatic carboxylic acids is 1. The molecule has 31 heavy (non-hydrogen) atoms. The third-order valence-electron chi connectivity index (χ3n) is 4.64. The van der Waals surface area contributed by atoms with Crippen LogP contribution < -0.4 is 4.74 Å². The average Bonchev–Trinajstić information content (AvgIpc) is 3.22.